The Morgan fingerprint density at radius 3 is 0.569 bits per heavy atom. The Balaban J connectivity index is 4.54. The van der Waals surface area contributed by atoms with Gasteiger partial charge in [0.25, 0.3) is 0 Å². The molecule has 0 aliphatic rings. The lowest BCUT2D eigenvalue weighted by atomic mass is 10.0. The number of nitrogens with zero attached hydrogens (tertiary/aromatic N) is 1. The topological polar surface area (TPSA) is 26.3 Å². The van der Waals surface area contributed by atoms with Crippen LogP contribution >= 0.6 is 0 Å². The first kappa shape index (κ1) is 57.4. The van der Waals surface area contributed by atoms with E-state index < -0.39 is 0 Å². The highest BCUT2D eigenvalue weighted by Gasteiger charge is 2.37. The van der Waals surface area contributed by atoms with Gasteiger partial charge in [-0.3, -0.25) is 0 Å². The van der Waals surface area contributed by atoms with Crippen LogP contribution in [0.15, 0.2) is 0 Å². The maximum absolute atomic E-state index is 13.8. The summed E-state index contributed by atoms with van der Waals surface area (Å²) in [4.78, 5) is 13.8. The van der Waals surface area contributed by atoms with Crippen molar-refractivity contribution in [2.24, 2.45) is 0 Å². The highest BCUT2D eigenvalue weighted by atomic mass is 16.6. The summed E-state index contributed by atoms with van der Waals surface area (Å²) in [5, 5.41) is 0. The summed E-state index contributed by atoms with van der Waals surface area (Å²) in [7, 11) is 0. The van der Waals surface area contributed by atoms with Crippen LogP contribution in [0.2, 0.25) is 0 Å². The molecular weight excluding hydrogens is 707 g/mol. The lowest BCUT2D eigenvalue weighted by molar-refractivity contribution is -0.858. The van der Waals surface area contributed by atoms with Crippen molar-refractivity contribution in [1.29, 1.82) is 0 Å². The first-order chi connectivity index (χ1) is 28.7. The third-order valence-corrected chi connectivity index (χ3v) is 13.5. The maximum atomic E-state index is 13.8. The monoisotopic (exact) mass is 819 g/mol. The van der Waals surface area contributed by atoms with Crippen LogP contribution in [0, 0.1) is 0 Å². The molecule has 1 amide bonds. The molecule has 3 nitrogen and oxygen atoms in total. The van der Waals surface area contributed by atoms with E-state index in [9.17, 15) is 4.79 Å². The zero-order valence-corrected chi connectivity index (χ0v) is 41.1. The lowest BCUT2D eigenvalue weighted by Gasteiger charge is -2.35. The first-order valence-electron chi connectivity index (χ1n) is 27.7. The van der Waals surface area contributed by atoms with Gasteiger partial charge in [0.05, 0.1) is 26.2 Å². The van der Waals surface area contributed by atoms with Crippen molar-refractivity contribution in [2.75, 3.05) is 26.2 Å². The fourth-order valence-corrected chi connectivity index (χ4v) is 9.40. The minimum atomic E-state index is 0.0825. The normalized spacial score (nSPS) is 11.9. The number of ether oxygens (including phenoxy) is 1. The van der Waals surface area contributed by atoms with Gasteiger partial charge in [0.2, 0.25) is 0 Å². The standard InChI is InChI=1S/C55H112NO2/c1-5-9-12-15-18-21-24-27-30-32-35-38-41-44-47-50-53-56(55(57)58-8-4,52-49-46-43-40-37-34-29-26-23-20-17-14-11-7-3)54-51-48-45-42-39-36-33-31-28-25-22-19-16-13-10-6-2/h5-54H2,1-4H3/q+1. The summed E-state index contributed by atoms with van der Waals surface area (Å²) in [6, 6.07) is 0. The molecule has 3 heteroatoms. The Morgan fingerprint density at radius 1 is 0.259 bits per heavy atom. The SMILES string of the molecule is CCCCCCCCCCCCCCCCCC[N+](CCCCCCCCCCCCCCCC)(CCCCCCCCCCCCCCCCCC)C(=O)OCC. The molecule has 0 aliphatic carbocycles. The molecule has 0 aliphatic heterocycles. The van der Waals surface area contributed by atoms with Crippen molar-refractivity contribution < 1.29 is 14.0 Å². The van der Waals surface area contributed by atoms with Crippen molar-refractivity contribution in [1.82, 2.24) is 0 Å². The van der Waals surface area contributed by atoms with Gasteiger partial charge in [-0.25, -0.2) is 4.48 Å². The highest BCUT2D eigenvalue weighted by Crippen LogP contribution is 2.22. The molecule has 0 radical (unpaired) electrons. The molecule has 0 aromatic heterocycles. The average Bonchev–Trinajstić information content (AvgIpc) is 3.23. The van der Waals surface area contributed by atoms with E-state index in [4.69, 9.17) is 4.74 Å². The molecular formula is C55H112NO2+. The molecule has 0 atom stereocenters. The number of carbonyl (C=O) groups is 1. The average molecular weight is 820 g/mol. The van der Waals surface area contributed by atoms with E-state index >= 15 is 0 Å². The smallest absolute Gasteiger partial charge is 0.420 e. The molecule has 0 N–H and O–H groups in total. The zero-order valence-electron chi connectivity index (χ0n) is 41.1. The minimum Gasteiger partial charge on any atom is -0.420 e. The predicted octanol–water partition coefficient (Wildman–Crippen LogP) is 20.0. The van der Waals surface area contributed by atoms with Crippen LogP contribution in [0.25, 0.3) is 0 Å². The van der Waals surface area contributed by atoms with Gasteiger partial charge in [0, 0.05) is 0 Å². The molecule has 0 aromatic rings. The molecule has 0 rings (SSSR count). The molecule has 0 bridgehead atoms. The Labute approximate surface area is 368 Å². The summed E-state index contributed by atoms with van der Waals surface area (Å²) in [5.41, 5.74) is 0. The van der Waals surface area contributed by atoms with E-state index in [0.717, 1.165) is 19.6 Å². The van der Waals surface area contributed by atoms with E-state index in [-0.39, 0.29) is 6.09 Å². The number of amides is 1. The van der Waals surface area contributed by atoms with Gasteiger partial charge in [-0.15, -0.1) is 0 Å². The number of carbonyl (C=O) groups excluding carboxylic acids is 1. The minimum absolute atomic E-state index is 0.0825. The van der Waals surface area contributed by atoms with Crippen LogP contribution in [0.3, 0.4) is 0 Å². The fourth-order valence-electron chi connectivity index (χ4n) is 9.40. The largest absolute Gasteiger partial charge is 0.516 e. The number of hydrogen-bond acceptors (Lipinski definition) is 2. The van der Waals surface area contributed by atoms with Crippen LogP contribution in [0.4, 0.5) is 4.79 Å². The van der Waals surface area contributed by atoms with Crippen LogP contribution in [0.1, 0.15) is 323 Å². The number of rotatable bonds is 50. The van der Waals surface area contributed by atoms with Gasteiger partial charge in [-0.05, 0) is 45.4 Å². The van der Waals surface area contributed by atoms with E-state index in [1.165, 1.54) is 295 Å². The lowest BCUT2D eigenvalue weighted by Crippen LogP contribution is -2.55. The molecule has 0 aromatic carbocycles. The Hall–Kier alpha value is -0.570. The summed E-state index contributed by atoms with van der Waals surface area (Å²) in [5.74, 6) is 0. The highest BCUT2D eigenvalue weighted by molar-refractivity contribution is 5.59. The van der Waals surface area contributed by atoms with Crippen molar-refractivity contribution in [3.05, 3.63) is 0 Å². The number of hydrogen-bond donors (Lipinski definition) is 0. The van der Waals surface area contributed by atoms with E-state index in [2.05, 4.69) is 20.8 Å². The number of unbranched alkanes of at least 4 members (excludes halogenated alkanes) is 43. The van der Waals surface area contributed by atoms with Crippen molar-refractivity contribution in [3.63, 3.8) is 0 Å². The predicted molar refractivity (Wildman–Crippen MR) is 261 cm³/mol. The van der Waals surface area contributed by atoms with Gasteiger partial charge in [-0.2, -0.15) is 4.79 Å². The second-order valence-electron chi connectivity index (χ2n) is 19.2. The van der Waals surface area contributed by atoms with Gasteiger partial charge >= 0.3 is 6.09 Å². The zero-order chi connectivity index (χ0) is 42.1. The summed E-state index contributed by atoms with van der Waals surface area (Å²) in [6.07, 6.45) is 64.0. The van der Waals surface area contributed by atoms with Crippen molar-refractivity contribution in [2.45, 2.75) is 323 Å². The molecule has 0 saturated heterocycles. The third kappa shape index (κ3) is 40.8. The number of quaternary nitrogens is 1. The summed E-state index contributed by atoms with van der Waals surface area (Å²) in [6.45, 7) is 12.4. The summed E-state index contributed by atoms with van der Waals surface area (Å²) < 4.78 is 6.47. The second kappa shape index (κ2) is 49.1. The van der Waals surface area contributed by atoms with E-state index in [1.807, 2.05) is 6.92 Å². The van der Waals surface area contributed by atoms with Gasteiger partial charge in [0.15, 0.2) is 0 Å². The molecule has 0 saturated carbocycles. The molecule has 348 valence electrons. The Morgan fingerprint density at radius 2 is 0.414 bits per heavy atom. The van der Waals surface area contributed by atoms with Crippen molar-refractivity contribution in [3.8, 4) is 0 Å². The van der Waals surface area contributed by atoms with Crippen LogP contribution < -0.4 is 0 Å². The molecule has 0 unspecified atom stereocenters. The van der Waals surface area contributed by atoms with Gasteiger partial charge < -0.3 is 4.74 Å². The molecule has 0 spiro atoms. The quantitative estimate of drug-likeness (QED) is 0.0451. The Bertz CT molecular complexity index is 731. The van der Waals surface area contributed by atoms with Crippen LogP contribution in [0.5, 0.6) is 0 Å². The van der Waals surface area contributed by atoms with Gasteiger partial charge in [-0.1, -0.05) is 278 Å². The maximum Gasteiger partial charge on any atom is 0.516 e. The van der Waals surface area contributed by atoms with Gasteiger partial charge in [0.1, 0.15) is 0 Å². The second-order valence-corrected chi connectivity index (χ2v) is 19.2. The summed E-state index contributed by atoms with van der Waals surface area (Å²) >= 11 is 0. The van der Waals surface area contributed by atoms with Crippen LogP contribution in [-0.4, -0.2) is 36.8 Å². The fraction of sp³-hybridized carbons (Fsp3) is 0.982. The van der Waals surface area contributed by atoms with Crippen molar-refractivity contribution >= 4 is 6.09 Å². The van der Waals surface area contributed by atoms with Crippen LogP contribution in [-0.2, 0) is 4.74 Å². The molecule has 58 heavy (non-hydrogen) atoms. The van der Waals surface area contributed by atoms with E-state index in [0.29, 0.717) is 11.1 Å². The molecule has 0 fully saturated rings. The Kier molecular flexibility index (Phi) is 48.6. The third-order valence-electron chi connectivity index (χ3n) is 13.5. The van der Waals surface area contributed by atoms with E-state index in [1.54, 1.807) is 0 Å². The first-order valence-corrected chi connectivity index (χ1v) is 27.7. The molecule has 0 heterocycles.